The molecule has 0 spiro atoms. The number of carbonyl (C=O) groups is 1. The number of aromatic hydroxyl groups is 1. The van der Waals surface area contributed by atoms with Gasteiger partial charge in [-0.3, -0.25) is 4.79 Å². The zero-order valence-electron chi connectivity index (χ0n) is 11.3. The molecule has 1 aliphatic rings. The standard InChI is InChI=1S/C14H20N2O3/c1-15-8-10-5-6-16(9-10)14(18)12-4-3-11(19-2)7-13(12)17/h3-4,7,10,15,17H,5-6,8-9H2,1-2H3. The molecule has 1 atom stereocenters. The highest BCUT2D eigenvalue weighted by atomic mass is 16.5. The van der Waals surface area contributed by atoms with Crippen LogP contribution in [0.15, 0.2) is 18.2 Å². The van der Waals surface area contributed by atoms with E-state index in [0.717, 1.165) is 26.1 Å². The number of phenolic OH excluding ortho intramolecular Hbond substituents is 1. The molecule has 5 heteroatoms. The molecule has 104 valence electrons. The van der Waals surface area contributed by atoms with Crippen LogP contribution in [0.4, 0.5) is 0 Å². The first-order valence-corrected chi connectivity index (χ1v) is 6.46. The molecule has 0 aromatic heterocycles. The van der Waals surface area contributed by atoms with Crippen LogP contribution in [0.1, 0.15) is 16.8 Å². The molecule has 1 heterocycles. The van der Waals surface area contributed by atoms with E-state index in [1.54, 1.807) is 17.0 Å². The van der Waals surface area contributed by atoms with E-state index >= 15 is 0 Å². The highest BCUT2D eigenvalue weighted by molar-refractivity contribution is 5.97. The summed E-state index contributed by atoms with van der Waals surface area (Å²) in [6.45, 7) is 2.40. The number of amides is 1. The third-order valence-electron chi connectivity index (χ3n) is 3.50. The fraction of sp³-hybridized carbons (Fsp3) is 0.500. The lowest BCUT2D eigenvalue weighted by atomic mass is 10.1. The van der Waals surface area contributed by atoms with E-state index in [0.29, 0.717) is 17.2 Å². The Morgan fingerprint density at radius 1 is 1.58 bits per heavy atom. The number of carbonyl (C=O) groups excluding carboxylic acids is 1. The lowest BCUT2D eigenvalue weighted by molar-refractivity contribution is 0.0784. The van der Waals surface area contributed by atoms with E-state index < -0.39 is 0 Å². The minimum Gasteiger partial charge on any atom is -0.507 e. The second-order valence-corrected chi connectivity index (χ2v) is 4.85. The summed E-state index contributed by atoms with van der Waals surface area (Å²) in [4.78, 5) is 14.1. The third-order valence-corrected chi connectivity index (χ3v) is 3.50. The summed E-state index contributed by atoms with van der Waals surface area (Å²) in [5.74, 6) is 0.901. The van der Waals surface area contributed by atoms with Crippen molar-refractivity contribution in [2.75, 3.05) is 33.8 Å². The summed E-state index contributed by atoms with van der Waals surface area (Å²) in [5.41, 5.74) is 0.339. The largest absolute Gasteiger partial charge is 0.507 e. The van der Waals surface area contributed by atoms with Crippen molar-refractivity contribution in [1.82, 2.24) is 10.2 Å². The summed E-state index contributed by atoms with van der Waals surface area (Å²) in [5, 5.41) is 13.0. The van der Waals surface area contributed by atoms with Crippen molar-refractivity contribution in [1.29, 1.82) is 0 Å². The van der Waals surface area contributed by atoms with Gasteiger partial charge in [-0.05, 0) is 38.1 Å². The first-order valence-electron chi connectivity index (χ1n) is 6.46. The Balaban J connectivity index is 2.08. The first-order chi connectivity index (χ1) is 9.15. The molecule has 0 saturated carbocycles. The molecule has 1 aromatic rings. The quantitative estimate of drug-likeness (QED) is 0.854. The second-order valence-electron chi connectivity index (χ2n) is 4.85. The minimum atomic E-state index is -0.112. The van der Waals surface area contributed by atoms with E-state index in [9.17, 15) is 9.90 Å². The number of hydrogen-bond donors (Lipinski definition) is 2. The highest BCUT2D eigenvalue weighted by Gasteiger charge is 2.27. The van der Waals surface area contributed by atoms with Gasteiger partial charge in [-0.15, -0.1) is 0 Å². The van der Waals surface area contributed by atoms with Crippen molar-refractivity contribution in [3.63, 3.8) is 0 Å². The minimum absolute atomic E-state index is 0.0265. The Bertz CT molecular complexity index is 462. The molecule has 1 fully saturated rings. The van der Waals surface area contributed by atoms with E-state index in [1.807, 2.05) is 7.05 Å². The SMILES string of the molecule is CNCC1CCN(C(=O)c2ccc(OC)cc2O)C1. The predicted molar refractivity (Wildman–Crippen MR) is 72.6 cm³/mol. The molecule has 0 radical (unpaired) electrons. The number of nitrogens with zero attached hydrogens (tertiary/aromatic N) is 1. The zero-order chi connectivity index (χ0) is 13.8. The molecule has 19 heavy (non-hydrogen) atoms. The average Bonchev–Trinajstić information content (AvgIpc) is 2.87. The summed E-state index contributed by atoms with van der Waals surface area (Å²) < 4.78 is 5.01. The number of phenols is 1. The highest BCUT2D eigenvalue weighted by Crippen LogP contribution is 2.26. The van der Waals surface area contributed by atoms with Gasteiger partial charge in [-0.1, -0.05) is 0 Å². The normalized spacial score (nSPS) is 18.6. The summed E-state index contributed by atoms with van der Waals surface area (Å²) in [6, 6.07) is 4.77. The maximum atomic E-state index is 12.3. The third kappa shape index (κ3) is 2.98. The van der Waals surface area contributed by atoms with E-state index in [-0.39, 0.29) is 11.7 Å². The van der Waals surface area contributed by atoms with Crippen LogP contribution in [-0.2, 0) is 0 Å². The van der Waals surface area contributed by atoms with Gasteiger partial charge in [0.05, 0.1) is 12.7 Å². The average molecular weight is 264 g/mol. The fourth-order valence-electron chi connectivity index (χ4n) is 2.46. The summed E-state index contributed by atoms with van der Waals surface area (Å²) in [7, 11) is 3.44. The van der Waals surface area contributed by atoms with Gasteiger partial charge in [0, 0.05) is 19.2 Å². The molecular weight excluding hydrogens is 244 g/mol. The molecule has 1 aromatic carbocycles. The van der Waals surface area contributed by atoms with Crippen molar-refractivity contribution in [2.45, 2.75) is 6.42 Å². The fourth-order valence-corrected chi connectivity index (χ4v) is 2.46. The van der Waals surface area contributed by atoms with Crippen molar-refractivity contribution in [3.8, 4) is 11.5 Å². The van der Waals surface area contributed by atoms with Gasteiger partial charge in [-0.25, -0.2) is 0 Å². The van der Waals surface area contributed by atoms with Gasteiger partial charge in [-0.2, -0.15) is 0 Å². The van der Waals surface area contributed by atoms with Crippen LogP contribution in [-0.4, -0.2) is 49.7 Å². The number of hydrogen-bond acceptors (Lipinski definition) is 4. The molecule has 0 aliphatic carbocycles. The van der Waals surface area contributed by atoms with Crippen molar-refractivity contribution >= 4 is 5.91 Å². The number of nitrogens with one attached hydrogen (secondary N) is 1. The zero-order valence-corrected chi connectivity index (χ0v) is 11.3. The lowest BCUT2D eigenvalue weighted by Gasteiger charge is -2.17. The summed E-state index contributed by atoms with van der Waals surface area (Å²) >= 11 is 0. The van der Waals surface area contributed by atoms with Gasteiger partial charge in [0.1, 0.15) is 11.5 Å². The molecule has 2 N–H and O–H groups in total. The molecule has 0 bridgehead atoms. The number of benzene rings is 1. The van der Waals surface area contributed by atoms with Crippen LogP contribution >= 0.6 is 0 Å². The Hall–Kier alpha value is -1.75. The van der Waals surface area contributed by atoms with Crippen molar-refractivity contribution in [2.24, 2.45) is 5.92 Å². The molecule has 1 unspecified atom stereocenters. The number of likely N-dealkylation sites (tertiary alicyclic amines) is 1. The monoisotopic (exact) mass is 264 g/mol. The maximum Gasteiger partial charge on any atom is 0.257 e. The number of ether oxygens (including phenoxy) is 1. The van der Waals surface area contributed by atoms with E-state index in [4.69, 9.17) is 4.74 Å². The summed E-state index contributed by atoms with van der Waals surface area (Å²) in [6.07, 6.45) is 1.00. The molecule has 2 rings (SSSR count). The number of rotatable bonds is 4. The van der Waals surface area contributed by atoms with Crippen LogP contribution in [0.3, 0.4) is 0 Å². The predicted octanol–water partition coefficient (Wildman–Crippen LogP) is 1.08. The smallest absolute Gasteiger partial charge is 0.257 e. The van der Waals surface area contributed by atoms with Gasteiger partial charge in [0.25, 0.3) is 5.91 Å². The second kappa shape index (κ2) is 5.93. The van der Waals surface area contributed by atoms with Gasteiger partial charge in [0.15, 0.2) is 0 Å². The van der Waals surface area contributed by atoms with Gasteiger partial charge < -0.3 is 20.1 Å². The van der Waals surface area contributed by atoms with Crippen LogP contribution in [0.5, 0.6) is 11.5 Å². The molecule has 5 nitrogen and oxygen atoms in total. The van der Waals surface area contributed by atoms with Crippen molar-refractivity contribution < 1.29 is 14.6 Å². The molecule has 1 saturated heterocycles. The Kier molecular flexibility index (Phi) is 4.27. The van der Waals surface area contributed by atoms with E-state index in [1.165, 1.54) is 13.2 Å². The molecule has 1 aliphatic heterocycles. The Morgan fingerprint density at radius 2 is 2.37 bits per heavy atom. The van der Waals surface area contributed by atoms with Gasteiger partial charge in [0.2, 0.25) is 0 Å². The Morgan fingerprint density at radius 3 is 3.00 bits per heavy atom. The lowest BCUT2D eigenvalue weighted by Crippen LogP contribution is -2.30. The van der Waals surface area contributed by atoms with Crippen LogP contribution in [0, 0.1) is 5.92 Å². The Labute approximate surface area is 113 Å². The van der Waals surface area contributed by atoms with Crippen molar-refractivity contribution in [3.05, 3.63) is 23.8 Å². The van der Waals surface area contributed by atoms with E-state index in [2.05, 4.69) is 5.32 Å². The molecular formula is C14H20N2O3. The topological polar surface area (TPSA) is 61.8 Å². The maximum absolute atomic E-state index is 12.3. The van der Waals surface area contributed by atoms with Crippen LogP contribution in [0.2, 0.25) is 0 Å². The van der Waals surface area contributed by atoms with Gasteiger partial charge >= 0.3 is 0 Å². The first kappa shape index (κ1) is 13.7. The number of methoxy groups -OCH3 is 1. The van der Waals surface area contributed by atoms with Crippen LogP contribution < -0.4 is 10.1 Å². The molecule has 1 amide bonds. The van der Waals surface area contributed by atoms with Crippen LogP contribution in [0.25, 0.3) is 0 Å².